The molecule has 5 N–H and O–H groups in total. The van der Waals surface area contributed by atoms with Gasteiger partial charge in [-0.05, 0) is 33.1 Å². The highest BCUT2D eigenvalue weighted by molar-refractivity contribution is 5.93. The molecule has 1 aromatic rings. The number of nitrogens with two attached hydrogens (primary N) is 1. The van der Waals surface area contributed by atoms with Crippen LogP contribution in [0.2, 0.25) is 0 Å². The van der Waals surface area contributed by atoms with E-state index in [1.807, 2.05) is 34.6 Å². The van der Waals surface area contributed by atoms with Crippen molar-refractivity contribution < 1.29 is 14.4 Å². The van der Waals surface area contributed by atoms with Gasteiger partial charge in [0.1, 0.15) is 6.04 Å². The van der Waals surface area contributed by atoms with Crippen molar-refractivity contribution in [2.75, 3.05) is 6.54 Å². The average molecular weight is 381 g/mol. The predicted octanol–water partition coefficient (Wildman–Crippen LogP) is 0.485. The van der Waals surface area contributed by atoms with Gasteiger partial charge in [0.25, 0.3) is 5.91 Å². The molecule has 0 saturated heterocycles. The molecule has 0 aliphatic carbocycles. The van der Waals surface area contributed by atoms with Crippen molar-refractivity contribution in [2.45, 2.75) is 66.6 Å². The van der Waals surface area contributed by atoms with Crippen molar-refractivity contribution in [3.05, 3.63) is 11.4 Å². The first kappa shape index (κ1) is 22.4. The van der Waals surface area contributed by atoms with Gasteiger partial charge >= 0.3 is 6.03 Å². The van der Waals surface area contributed by atoms with Crippen LogP contribution in [0.4, 0.5) is 4.79 Å². The predicted molar refractivity (Wildman–Crippen MR) is 101 cm³/mol. The molecule has 1 aromatic heterocycles. The van der Waals surface area contributed by atoms with E-state index in [-0.39, 0.29) is 36.1 Å². The molecule has 10 heteroatoms. The molecule has 0 aliphatic heterocycles. The van der Waals surface area contributed by atoms with E-state index in [1.54, 1.807) is 18.5 Å². The summed E-state index contributed by atoms with van der Waals surface area (Å²) in [5, 5.41) is 15.9. The highest BCUT2D eigenvalue weighted by Gasteiger charge is 2.32. The van der Waals surface area contributed by atoms with E-state index in [2.05, 4.69) is 26.3 Å². The van der Waals surface area contributed by atoms with Gasteiger partial charge < -0.3 is 21.7 Å². The third-order valence-corrected chi connectivity index (χ3v) is 4.01. The second-order valence-electron chi connectivity index (χ2n) is 7.99. The van der Waals surface area contributed by atoms with Gasteiger partial charge in [-0.25, -0.2) is 9.48 Å². The van der Waals surface area contributed by atoms with Gasteiger partial charge in [0.2, 0.25) is 5.91 Å². The molecule has 27 heavy (non-hydrogen) atoms. The second kappa shape index (κ2) is 8.83. The normalized spacial score (nSPS) is 13.8. The van der Waals surface area contributed by atoms with Crippen LogP contribution in [-0.4, -0.2) is 51.5 Å². The van der Waals surface area contributed by atoms with E-state index in [0.717, 1.165) is 0 Å². The molecule has 2 atom stereocenters. The van der Waals surface area contributed by atoms with E-state index < -0.39 is 17.5 Å². The summed E-state index contributed by atoms with van der Waals surface area (Å²) in [4.78, 5) is 35.9. The molecule has 0 radical (unpaired) electrons. The molecule has 1 heterocycles. The molecule has 10 nitrogen and oxygen atoms in total. The van der Waals surface area contributed by atoms with Crippen LogP contribution < -0.4 is 21.7 Å². The Morgan fingerprint density at radius 2 is 1.74 bits per heavy atom. The van der Waals surface area contributed by atoms with Crippen molar-refractivity contribution in [1.29, 1.82) is 0 Å². The zero-order chi connectivity index (χ0) is 20.9. The topological polar surface area (TPSA) is 144 Å². The third-order valence-electron chi connectivity index (χ3n) is 4.01. The number of nitrogens with one attached hydrogen (secondary N) is 3. The fraction of sp³-hybridized carbons (Fsp3) is 0.706. The highest BCUT2D eigenvalue weighted by Crippen LogP contribution is 2.19. The number of carbonyl (C=O) groups excluding carboxylic acids is 3. The maximum Gasteiger partial charge on any atom is 0.312 e. The third kappa shape index (κ3) is 6.22. The standard InChI is InChI=1S/C17H31N7O3/c1-9(2)24-11(4)12(22-23-24)14(25)20-10(3)8-19-15(26)13(17(5,6)7)21-16(18)27/h9-10,13H,8H2,1-7H3,(H,19,26)(H,20,25)(H3,18,21,27)/t10-,13?/m0/s1. The van der Waals surface area contributed by atoms with Crippen molar-refractivity contribution in [3.63, 3.8) is 0 Å². The smallest absolute Gasteiger partial charge is 0.312 e. The molecule has 0 bridgehead atoms. The molecule has 0 aromatic carbocycles. The number of hydrogen-bond donors (Lipinski definition) is 4. The van der Waals surface area contributed by atoms with Crippen LogP contribution in [0.15, 0.2) is 0 Å². The number of aromatic nitrogens is 3. The van der Waals surface area contributed by atoms with Gasteiger partial charge in [-0.15, -0.1) is 5.10 Å². The van der Waals surface area contributed by atoms with Crippen LogP contribution in [0.25, 0.3) is 0 Å². The summed E-state index contributed by atoms with van der Waals surface area (Å²) < 4.78 is 1.67. The Hall–Kier alpha value is -2.65. The van der Waals surface area contributed by atoms with E-state index in [0.29, 0.717) is 5.69 Å². The van der Waals surface area contributed by atoms with Gasteiger partial charge in [0.05, 0.1) is 5.69 Å². The van der Waals surface area contributed by atoms with Gasteiger partial charge in [-0.1, -0.05) is 26.0 Å². The Morgan fingerprint density at radius 1 is 1.15 bits per heavy atom. The van der Waals surface area contributed by atoms with E-state index in [4.69, 9.17) is 5.73 Å². The first-order valence-corrected chi connectivity index (χ1v) is 8.91. The first-order valence-electron chi connectivity index (χ1n) is 8.91. The molecule has 0 fully saturated rings. The molecule has 0 saturated carbocycles. The van der Waals surface area contributed by atoms with Crippen LogP contribution >= 0.6 is 0 Å². The Balaban J connectivity index is 2.66. The molecular weight excluding hydrogens is 350 g/mol. The molecule has 1 rings (SSSR count). The Labute approximate surface area is 159 Å². The summed E-state index contributed by atoms with van der Waals surface area (Å²) in [7, 11) is 0. The maximum absolute atomic E-state index is 12.4. The van der Waals surface area contributed by atoms with Crippen molar-refractivity contribution in [1.82, 2.24) is 30.9 Å². The largest absolute Gasteiger partial charge is 0.352 e. The molecule has 0 aliphatic rings. The molecule has 4 amide bonds. The number of urea groups is 1. The average Bonchev–Trinajstić information content (AvgIpc) is 2.91. The fourth-order valence-electron chi connectivity index (χ4n) is 2.56. The first-order chi connectivity index (χ1) is 12.3. The summed E-state index contributed by atoms with van der Waals surface area (Å²) in [6, 6.07) is -1.80. The number of carbonyl (C=O) groups is 3. The van der Waals surface area contributed by atoms with Crippen LogP contribution in [-0.2, 0) is 4.79 Å². The molecule has 0 spiro atoms. The number of amides is 4. The van der Waals surface area contributed by atoms with Crippen molar-refractivity contribution >= 4 is 17.8 Å². The van der Waals surface area contributed by atoms with Crippen molar-refractivity contribution in [3.8, 4) is 0 Å². The Morgan fingerprint density at radius 3 is 2.19 bits per heavy atom. The van der Waals surface area contributed by atoms with Crippen LogP contribution in [0.1, 0.15) is 63.8 Å². The molecule has 1 unspecified atom stereocenters. The maximum atomic E-state index is 12.4. The zero-order valence-corrected chi connectivity index (χ0v) is 17.1. The highest BCUT2D eigenvalue weighted by atomic mass is 16.2. The molecular formula is C17H31N7O3. The van der Waals surface area contributed by atoms with E-state index >= 15 is 0 Å². The second-order valence-corrected chi connectivity index (χ2v) is 7.99. The minimum atomic E-state index is -0.786. The van der Waals surface area contributed by atoms with Crippen LogP contribution in [0.5, 0.6) is 0 Å². The number of hydrogen-bond acceptors (Lipinski definition) is 5. The molecule has 152 valence electrons. The number of nitrogens with zero attached hydrogens (tertiary/aromatic N) is 3. The number of primary amides is 1. The van der Waals surface area contributed by atoms with Gasteiger partial charge in [0.15, 0.2) is 5.69 Å². The van der Waals surface area contributed by atoms with Crippen molar-refractivity contribution in [2.24, 2.45) is 11.1 Å². The van der Waals surface area contributed by atoms with Gasteiger partial charge in [-0.3, -0.25) is 9.59 Å². The summed E-state index contributed by atoms with van der Waals surface area (Å²) >= 11 is 0. The minimum absolute atomic E-state index is 0.0999. The Kier molecular flexibility index (Phi) is 7.32. The van der Waals surface area contributed by atoms with E-state index in [1.165, 1.54) is 0 Å². The van der Waals surface area contributed by atoms with Crippen LogP contribution in [0, 0.1) is 12.3 Å². The zero-order valence-electron chi connectivity index (χ0n) is 17.1. The van der Waals surface area contributed by atoms with Gasteiger partial charge in [0, 0.05) is 18.6 Å². The minimum Gasteiger partial charge on any atom is -0.352 e. The SMILES string of the molecule is Cc1c(C(=O)N[C@@H](C)CNC(=O)C(NC(N)=O)C(C)(C)C)nnn1C(C)C. The Bertz CT molecular complexity index is 691. The quantitative estimate of drug-likeness (QED) is 0.543. The summed E-state index contributed by atoms with van der Waals surface area (Å²) in [6.07, 6.45) is 0. The monoisotopic (exact) mass is 381 g/mol. The summed E-state index contributed by atoms with van der Waals surface area (Å²) in [5.74, 6) is -0.729. The summed E-state index contributed by atoms with van der Waals surface area (Å²) in [6.45, 7) is 13.1. The lowest BCUT2D eigenvalue weighted by Crippen LogP contribution is -2.56. The summed E-state index contributed by atoms with van der Waals surface area (Å²) in [5.41, 5.74) is 5.57. The number of rotatable bonds is 7. The van der Waals surface area contributed by atoms with E-state index in [9.17, 15) is 14.4 Å². The fourth-order valence-corrected chi connectivity index (χ4v) is 2.56. The van der Waals surface area contributed by atoms with Crippen LogP contribution in [0.3, 0.4) is 0 Å². The lowest BCUT2D eigenvalue weighted by Gasteiger charge is -2.30. The lowest BCUT2D eigenvalue weighted by molar-refractivity contribution is -0.125. The lowest BCUT2D eigenvalue weighted by atomic mass is 9.86. The van der Waals surface area contributed by atoms with Gasteiger partial charge in [-0.2, -0.15) is 0 Å².